The molecule has 1 aromatic rings. The van der Waals surface area contributed by atoms with Crippen LogP contribution in [0.3, 0.4) is 0 Å². The van der Waals surface area contributed by atoms with E-state index in [1.165, 1.54) is 0 Å². The summed E-state index contributed by atoms with van der Waals surface area (Å²) in [6.07, 6.45) is 6.20. The van der Waals surface area contributed by atoms with E-state index in [2.05, 4.69) is 23.9 Å². The first-order chi connectivity index (χ1) is 9.56. The third-order valence-electron chi connectivity index (χ3n) is 3.79. The number of aromatic nitrogens is 3. The van der Waals surface area contributed by atoms with Crippen LogP contribution in [0.25, 0.3) is 0 Å². The van der Waals surface area contributed by atoms with Gasteiger partial charge in [0.15, 0.2) is 0 Å². The molecule has 112 valence electrons. The van der Waals surface area contributed by atoms with Crippen LogP contribution in [0.4, 0.5) is 0 Å². The molecule has 0 saturated carbocycles. The molecule has 0 spiro atoms. The number of amides is 1. The minimum absolute atomic E-state index is 0.0991. The fourth-order valence-corrected chi connectivity index (χ4v) is 2.85. The second kappa shape index (κ2) is 6.83. The highest BCUT2D eigenvalue weighted by Gasteiger charge is 2.27. The van der Waals surface area contributed by atoms with E-state index in [1.54, 1.807) is 12.7 Å². The lowest BCUT2D eigenvalue weighted by Gasteiger charge is -2.34. The summed E-state index contributed by atoms with van der Waals surface area (Å²) in [6, 6.07) is -0.361. The number of carbonyl (C=O) groups is 1. The van der Waals surface area contributed by atoms with Crippen molar-refractivity contribution in [2.24, 2.45) is 17.6 Å². The van der Waals surface area contributed by atoms with Gasteiger partial charge in [0.25, 0.3) is 0 Å². The van der Waals surface area contributed by atoms with E-state index in [0.717, 1.165) is 38.9 Å². The maximum absolute atomic E-state index is 12.3. The molecule has 2 rings (SSSR count). The second-order valence-electron chi connectivity index (χ2n) is 6.15. The van der Waals surface area contributed by atoms with Gasteiger partial charge in [-0.3, -0.25) is 9.48 Å². The van der Waals surface area contributed by atoms with Gasteiger partial charge in [-0.25, -0.2) is 4.98 Å². The predicted molar refractivity (Wildman–Crippen MR) is 76.8 cm³/mol. The minimum atomic E-state index is -0.361. The molecule has 1 unspecified atom stereocenters. The van der Waals surface area contributed by atoms with Gasteiger partial charge in [0, 0.05) is 19.6 Å². The number of carbonyl (C=O) groups excluding carboxylic acids is 1. The van der Waals surface area contributed by atoms with Gasteiger partial charge in [-0.15, -0.1) is 0 Å². The summed E-state index contributed by atoms with van der Waals surface area (Å²) in [7, 11) is 0. The second-order valence-corrected chi connectivity index (χ2v) is 6.15. The monoisotopic (exact) mass is 279 g/mol. The number of rotatable bonds is 5. The fourth-order valence-electron chi connectivity index (χ4n) is 2.85. The van der Waals surface area contributed by atoms with Crippen molar-refractivity contribution in [3.63, 3.8) is 0 Å². The summed E-state index contributed by atoms with van der Waals surface area (Å²) in [5.41, 5.74) is 6.01. The third kappa shape index (κ3) is 4.03. The smallest absolute Gasteiger partial charge is 0.239 e. The van der Waals surface area contributed by atoms with Crippen molar-refractivity contribution in [2.45, 2.75) is 45.7 Å². The van der Waals surface area contributed by atoms with Crippen LogP contribution in [0.15, 0.2) is 12.7 Å². The van der Waals surface area contributed by atoms with Gasteiger partial charge >= 0.3 is 0 Å². The zero-order valence-electron chi connectivity index (χ0n) is 12.4. The van der Waals surface area contributed by atoms with Gasteiger partial charge in [0.2, 0.25) is 5.91 Å². The van der Waals surface area contributed by atoms with Crippen LogP contribution in [0.5, 0.6) is 0 Å². The summed E-state index contributed by atoms with van der Waals surface area (Å²) in [5.74, 6) is 0.993. The number of nitrogens with zero attached hydrogens (tertiary/aromatic N) is 4. The molecule has 1 aliphatic rings. The van der Waals surface area contributed by atoms with Gasteiger partial charge < -0.3 is 10.6 Å². The van der Waals surface area contributed by atoms with Gasteiger partial charge in [-0.1, -0.05) is 13.8 Å². The Morgan fingerprint density at radius 1 is 1.50 bits per heavy atom. The fraction of sp³-hybridized carbons (Fsp3) is 0.786. The SMILES string of the molecule is CC(C)C[C@H](N)C(=O)N1CCCC(Cn2cncn2)C1. The number of hydrogen-bond donors (Lipinski definition) is 1. The first-order valence-electron chi connectivity index (χ1n) is 7.43. The summed E-state index contributed by atoms with van der Waals surface area (Å²) < 4.78 is 1.84. The molecule has 1 aromatic heterocycles. The van der Waals surface area contributed by atoms with Crippen molar-refractivity contribution in [3.05, 3.63) is 12.7 Å². The van der Waals surface area contributed by atoms with Crippen LogP contribution in [-0.2, 0) is 11.3 Å². The number of likely N-dealkylation sites (tertiary alicyclic amines) is 1. The minimum Gasteiger partial charge on any atom is -0.341 e. The number of piperidine rings is 1. The molecule has 2 heterocycles. The molecule has 1 aliphatic heterocycles. The van der Waals surface area contributed by atoms with E-state index >= 15 is 0 Å². The maximum Gasteiger partial charge on any atom is 0.239 e. The van der Waals surface area contributed by atoms with E-state index in [9.17, 15) is 4.79 Å². The first kappa shape index (κ1) is 15.0. The Balaban J connectivity index is 1.87. The topological polar surface area (TPSA) is 77.0 Å². The zero-order chi connectivity index (χ0) is 14.5. The first-order valence-corrected chi connectivity index (χ1v) is 7.43. The van der Waals surface area contributed by atoms with Crippen LogP contribution < -0.4 is 5.73 Å². The van der Waals surface area contributed by atoms with Crippen molar-refractivity contribution in [2.75, 3.05) is 13.1 Å². The highest BCUT2D eigenvalue weighted by atomic mass is 16.2. The molecule has 2 atom stereocenters. The van der Waals surface area contributed by atoms with Crippen LogP contribution >= 0.6 is 0 Å². The quantitative estimate of drug-likeness (QED) is 0.868. The van der Waals surface area contributed by atoms with E-state index in [-0.39, 0.29) is 11.9 Å². The lowest BCUT2D eigenvalue weighted by Crippen LogP contribution is -2.49. The van der Waals surface area contributed by atoms with Crippen molar-refractivity contribution in [1.29, 1.82) is 0 Å². The third-order valence-corrected chi connectivity index (χ3v) is 3.79. The van der Waals surface area contributed by atoms with Crippen LogP contribution in [0.2, 0.25) is 0 Å². The molecule has 1 amide bonds. The molecule has 20 heavy (non-hydrogen) atoms. The van der Waals surface area contributed by atoms with E-state index < -0.39 is 0 Å². The normalized spacial score (nSPS) is 21.2. The van der Waals surface area contributed by atoms with Crippen molar-refractivity contribution < 1.29 is 4.79 Å². The Kier molecular flexibility index (Phi) is 5.11. The Bertz CT molecular complexity index is 417. The van der Waals surface area contributed by atoms with Gasteiger partial charge in [-0.2, -0.15) is 5.10 Å². The highest BCUT2D eigenvalue weighted by Crippen LogP contribution is 2.19. The Morgan fingerprint density at radius 2 is 2.30 bits per heavy atom. The Labute approximate surface area is 120 Å². The molecule has 6 nitrogen and oxygen atoms in total. The summed E-state index contributed by atoms with van der Waals surface area (Å²) in [4.78, 5) is 18.2. The summed E-state index contributed by atoms with van der Waals surface area (Å²) >= 11 is 0. The van der Waals surface area contributed by atoms with Crippen LogP contribution in [0.1, 0.15) is 33.1 Å². The standard InChI is InChI=1S/C14H25N5O/c1-11(2)6-13(15)14(20)18-5-3-4-12(7-18)8-19-10-16-9-17-19/h9-13H,3-8,15H2,1-2H3/t12?,13-/m0/s1. The molecule has 6 heteroatoms. The molecule has 0 aromatic carbocycles. The average Bonchev–Trinajstić information content (AvgIpc) is 2.90. The zero-order valence-corrected chi connectivity index (χ0v) is 12.4. The van der Waals surface area contributed by atoms with E-state index in [0.29, 0.717) is 11.8 Å². The number of hydrogen-bond acceptors (Lipinski definition) is 4. The average molecular weight is 279 g/mol. The van der Waals surface area contributed by atoms with Gasteiger partial charge in [0.05, 0.1) is 6.04 Å². The lowest BCUT2D eigenvalue weighted by atomic mass is 9.96. The molecule has 0 aliphatic carbocycles. The lowest BCUT2D eigenvalue weighted by molar-refractivity contribution is -0.134. The molecule has 1 saturated heterocycles. The molecule has 1 fully saturated rings. The summed E-state index contributed by atoms with van der Waals surface area (Å²) in [6.45, 7) is 6.62. The summed E-state index contributed by atoms with van der Waals surface area (Å²) in [5, 5.41) is 4.13. The molecular weight excluding hydrogens is 254 g/mol. The van der Waals surface area contributed by atoms with Crippen molar-refractivity contribution in [1.82, 2.24) is 19.7 Å². The largest absolute Gasteiger partial charge is 0.341 e. The van der Waals surface area contributed by atoms with E-state index in [4.69, 9.17) is 5.73 Å². The molecular formula is C14H25N5O. The van der Waals surface area contributed by atoms with Crippen LogP contribution in [-0.4, -0.2) is 44.7 Å². The van der Waals surface area contributed by atoms with Gasteiger partial charge in [-0.05, 0) is 31.1 Å². The van der Waals surface area contributed by atoms with E-state index in [1.807, 2.05) is 9.58 Å². The van der Waals surface area contributed by atoms with Crippen molar-refractivity contribution in [3.8, 4) is 0 Å². The maximum atomic E-state index is 12.3. The molecule has 2 N–H and O–H groups in total. The Morgan fingerprint density at radius 3 is 2.95 bits per heavy atom. The molecule has 0 radical (unpaired) electrons. The molecule has 0 bridgehead atoms. The number of nitrogens with two attached hydrogens (primary N) is 1. The Hall–Kier alpha value is -1.43. The predicted octanol–water partition coefficient (Wildman–Crippen LogP) is 0.890. The van der Waals surface area contributed by atoms with Gasteiger partial charge in [0.1, 0.15) is 12.7 Å². The highest BCUT2D eigenvalue weighted by molar-refractivity contribution is 5.81. The van der Waals surface area contributed by atoms with Crippen molar-refractivity contribution >= 4 is 5.91 Å². The van der Waals surface area contributed by atoms with Crippen LogP contribution in [0, 0.1) is 11.8 Å².